The number of hydrogen-bond donors (Lipinski definition) is 0. The lowest BCUT2D eigenvalue weighted by Crippen LogP contribution is -2.41. The Labute approximate surface area is 81.3 Å². The van der Waals surface area contributed by atoms with Crippen molar-refractivity contribution in [3.63, 3.8) is 0 Å². The monoisotopic (exact) mass is 177 g/mol. The molecule has 0 saturated heterocycles. The second-order valence-electron chi connectivity index (χ2n) is 5.01. The average Bonchev–Trinajstić information content (AvgIpc) is 2.19. The normalized spacial score (nSPS) is 44.9. The summed E-state index contributed by atoms with van der Waals surface area (Å²) in [5.74, 6) is 1.62. The molecular formula is C12H19N. The van der Waals surface area contributed by atoms with Crippen molar-refractivity contribution in [1.82, 2.24) is 0 Å². The molecule has 2 saturated carbocycles. The molecule has 2 rings (SSSR count). The van der Waals surface area contributed by atoms with Crippen molar-refractivity contribution in [1.29, 1.82) is 0 Å². The van der Waals surface area contributed by atoms with E-state index in [0.717, 1.165) is 18.3 Å². The fourth-order valence-corrected chi connectivity index (χ4v) is 3.42. The van der Waals surface area contributed by atoms with Gasteiger partial charge in [0.25, 0.3) is 0 Å². The van der Waals surface area contributed by atoms with Crippen LogP contribution in [0.15, 0.2) is 0 Å². The first-order valence-corrected chi connectivity index (χ1v) is 5.65. The SMILES string of the molecule is [C-]#[N+][C@@]1(C)CCC[C@H]2CCCC[C@@H]21. The van der Waals surface area contributed by atoms with Crippen molar-refractivity contribution in [2.24, 2.45) is 11.8 Å². The zero-order valence-electron chi connectivity index (χ0n) is 8.55. The van der Waals surface area contributed by atoms with Gasteiger partial charge >= 0.3 is 0 Å². The third-order valence-corrected chi connectivity index (χ3v) is 4.22. The fraction of sp³-hybridized carbons (Fsp3) is 0.917. The zero-order chi connectivity index (χ0) is 9.31. The summed E-state index contributed by atoms with van der Waals surface area (Å²) >= 11 is 0. The van der Waals surface area contributed by atoms with Crippen LogP contribution in [-0.4, -0.2) is 5.54 Å². The molecule has 0 bridgehead atoms. The summed E-state index contributed by atoms with van der Waals surface area (Å²) in [5.41, 5.74) is 0.00331. The van der Waals surface area contributed by atoms with Gasteiger partial charge in [-0.15, -0.1) is 0 Å². The van der Waals surface area contributed by atoms with Crippen molar-refractivity contribution in [2.75, 3.05) is 0 Å². The van der Waals surface area contributed by atoms with E-state index in [9.17, 15) is 0 Å². The van der Waals surface area contributed by atoms with E-state index in [-0.39, 0.29) is 5.54 Å². The molecule has 0 aliphatic heterocycles. The minimum Gasteiger partial charge on any atom is -0.310 e. The first-order valence-electron chi connectivity index (χ1n) is 5.65. The van der Waals surface area contributed by atoms with Gasteiger partial charge in [-0.3, -0.25) is 0 Å². The van der Waals surface area contributed by atoms with Crippen LogP contribution in [0.1, 0.15) is 51.9 Å². The van der Waals surface area contributed by atoms with Crippen molar-refractivity contribution in [3.8, 4) is 0 Å². The summed E-state index contributed by atoms with van der Waals surface area (Å²) in [6.45, 7) is 9.54. The van der Waals surface area contributed by atoms with Crippen LogP contribution in [0.25, 0.3) is 4.85 Å². The Balaban J connectivity index is 2.17. The quantitative estimate of drug-likeness (QED) is 0.497. The van der Waals surface area contributed by atoms with E-state index in [4.69, 9.17) is 6.57 Å². The lowest BCUT2D eigenvalue weighted by molar-refractivity contribution is 0.112. The molecule has 1 nitrogen and oxygen atoms in total. The highest BCUT2D eigenvalue weighted by Crippen LogP contribution is 2.47. The maximum absolute atomic E-state index is 7.34. The molecule has 0 aromatic carbocycles. The minimum atomic E-state index is 0.00331. The van der Waals surface area contributed by atoms with E-state index in [0.29, 0.717) is 0 Å². The Morgan fingerprint density at radius 2 is 1.85 bits per heavy atom. The predicted molar refractivity (Wildman–Crippen MR) is 54.3 cm³/mol. The molecule has 2 aliphatic rings. The first-order chi connectivity index (χ1) is 6.26. The second-order valence-corrected chi connectivity index (χ2v) is 5.01. The van der Waals surface area contributed by atoms with Crippen molar-refractivity contribution >= 4 is 0 Å². The molecule has 3 atom stereocenters. The largest absolute Gasteiger partial charge is 0.310 e. The average molecular weight is 177 g/mol. The molecule has 0 N–H and O–H groups in total. The van der Waals surface area contributed by atoms with Gasteiger partial charge < -0.3 is 4.85 Å². The van der Waals surface area contributed by atoms with Crippen LogP contribution in [0.3, 0.4) is 0 Å². The molecular weight excluding hydrogens is 158 g/mol. The van der Waals surface area contributed by atoms with Crippen LogP contribution in [0.5, 0.6) is 0 Å². The lowest BCUT2D eigenvalue weighted by atomic mass is 9.62. The summed E-state index contributed by atoms with van der Waals surface area (Å²) in [7, 11) is 0. The molecule has 13 heavy (non-hydrogen) atoms. The molecule has 0 amide bonds. The molecule has 2 aliphatic carbocycles. The van der Waals surface area contributed by atoms with Crippen LogP contribution in [0.4, 0.5) is 0 Å². The summed E-state index contributed by atoms with van der Waals surface area (Å²) in [6, 6.07) is 0. The summed E-state index contributed by atoms with van der Waals surface area (Å²) in [6.07, 6.45) is 9.34. The van der Waals surface area contributed by atoms with E-state index < -0.39 is 0 Å². The first kappa shape index (κ1) is 9.06. The van der Waals surface area contributed by atoms with Crippen LogP contribution in [0.2, 0.25) is 0 Å². The van der Waals surface area contributed by atoms with E-state index >= 15 is 0 Å². The third kappa shape index (κ3) is 1.47. The van der Waals surface area contributed by atoms with E-state index in [1.807, 2.05) is 0 Å². The Hall–Kier alpha value is -0.510. The molecule has 0 radical (unpaired) electrons. The van der Waals surface area contributed by atoms with Gasteiger partial charge in [0.2, 0.25) is 5.54 Å². The summed E-state index contributed by atoms with van der Waals surface area (Å²) in [5, 5.41) is 0. The molecule has 0 spiro atoms. The van der Waals surface area contributed by atoms with Crippen LogP contribution < -0.4 is 0 Å². The zero-order valence-corrected chi connectivity index (χ0v) is 8.55. The summed E-state index contributed by atoms with van der Waals surface area (Å²) < 4.78 is 0. The van der Waals surface area contributed by atoms with Crippen molar-refractivity contribution < 1.29 is 0 Å². The number of fused-ring (bicyclic) bond motifs is 1. The van der Waals surface area contributed by atoms with Crippen LogP contribution in [-0.2, 0) is 0 Å². The highest BCUT2D eigenvalue weighted by Gasteiger charge is 2.47. The van der Waals surface area contributed by atoms with Gasteiger partial charge in [0.1, 0.15) is 0 Å². The lowest BCUT2D eigenvalue weighted by Gasteiger charge is -2.41. The highest BCUT2D eigenvalue weighted by molar-refractivity contribution is 5.05. The Kier molecular flexibility index (Phi) is 2.32. The third-order valence-electron chi connectivity index (χ3n) is 4.22. The topological polar surface area (TPSA) is 4.36 Å². The second kappa shape index (κ2) is 3.33. The van der Waals surface area contributed by atoms with E-state index in [1.54, 1.807) is 0 Å². The van der Waals surface area contributed by atoms with Crippen molar-refractivity contribution in [3.05, 3.63) is 11.4 Å². The standard InChI is InChI=1S/C12H19N/c1-12(13-2)9-5-7-10-6-3-4-8-11(10)12/h10-11H,3-9H2,1H3/t10-,11+,12+/m1/s1. The van der Waals surface area contributed by atoms with Gasteiger partial charge in [-0.1, -0.05) is 12.8 Å². The molecule has 1 heteroatoms. The summed E-state index contributed by atoms with van der Waals surface area (Å²) in [4.78, 5) is 3.91. The van der Waals surface area contributed by atoms with Gasteiger partial charge in [0.05, 0.1) is 0 Å². The molecule has 0 heterocycles. The van der Waals surface area contributed by atoms with E-state index in [2.05, 4.69) is 11.8 Å². The maximum Gasteiger partial charge on any atom is 0.232 e. The smallest absolute Gasteiger partial charge is 0.232 e. The Morgan fingerprint density at radius 3 is 2.62 bits per heavy atom. The van der Waals surface area contributed by atoms with Gasteiger partial charge in [0, 0.05) is 19.3 Å². The molecule has 0 unspecified atom stereocenters. The maximum atomic E-state index is 7.34. The van der Waals surface area contributed by atoms with Crippen LogP contribution >= 0.6 is 0 Å². The molecule has 0 aromatic heterocycles. The van der Waals surface area contributed by atoms with Gasteiger partial charge in [0.15, 0.2) is 0 Å². The van der Waals surface area contributed by atoms with Crippen molar-refractivity contribution in [2.45, 2.75) is 57.4 Å². The number of hydrogen-bond acceptors (Lipinski definition) is 0. The number of rotatable bonds is 0. The molecule has 72 valence electrons. The van der Waals surface area contributed by atoms with Gasteiger partial charge in [-0.05, 0) is 31.6 Å². The molecule has 0 aromatic rings. The number of nitrogens with zero attached hydrogens (tertiary/aromatic N) is 1. The fourth-order valence-electron chi connectivity index (χ4n) is 3.42. The highest BCUT2D eigenvalue weighted by atomic mass is 14.8. The van der Waals surface area contributed by atoms with Crippen LogP contribution in [0, 0.1) is 18.4 Å². The Morgan fingerprint density at radius 1 is 1.15 bits per heavy atom. The van der Waals surface area contributed by atoms with E-state index in [1.165, 1.54) is 38.5 Å². The van der Waals surface area contributed by atoms with Gasteiger partial charge in [-0.25, -0.2) is 6.57 Å². The molecule has 2 fully saturated rings. The minimum absolute atomic E-state index is 0.00331. The van der Waals surface area contributed by atoms with Gasteiger partial charge in [-0.2, -0.15) is 0 Å². The predicted octanol–water partition coefficient (Wildman–Crippen LogP) is 3.65. The Bertz CT molecular complexity index is 226.